The van der Waals surface area contributed by atoms with Gasteiger partial charge in [0.15, 0.2) is 23.0 Å². The molecule has 0 saturated carbocycles. The molecule has 9 nitrogen and oxygen atoms in total. The Kier molecular flexibility index (Phi) is 5.01. The molecule has 1 saturated heterocycles. The van der Waals surface area contributed by atoms with E-state index in [9.17, 15) is 14.4 Å². The Hall–Kier alpha value is -4.01. The molecule has 2 aromatic carbocycles. The monoisotopic (exact) mass is 410 g/mol. The van der Waals surface area contributed by atoms with Gasteiger partial charge in [-0.2, -0.15) is 0 Å². The summed E-state index contributed by atoms with van der Waals surface area (Å²) in [5.74, 6) is 0.865. The van der Waals surface area contributed by atoms with Gasteiger partial charge in [-0.25, -0.2) is 4.79 Å². The second-order valence-electron chi connectivity index (χ2n) is 6.57. The molecule has 0 unspecified atom stereocenters. The minimum atomic E-state index is -0.757. The van der Waals surface area contributed by atoms with Crippen molar-refractivity contribution in [2.45, 2.75) is 6.61 Å². The molecule has 0 spiro atoms. The van der Waals surface area contributed by atoms with E-state index in [1.165, 1.54) is 20.2 Å². The molecule has 0 bridgehead atoms. The molecular weight excluding hydrogens is 392 g/mol. The summed E-state index contributed by atoms with van der Waals surface area (Å²) in [5, 5.41) is 2.11. The number of likely N-dealkylation sites (N-methyl/N-ethyl adjacent to an activating group) is 1. The zero-order chi connectivity index (χ0) is 21.3. The maximum Gasteiger partial charge on any atom is 0.331 e. The molecule has 4 rings (SSSR count). The predicted molar refractivity (Wildman–Crippen MR) is 104 cm³/mol. The van der Waals surface area contributed by atoms with Crippen LogP contribution in [0.3, 0.4) is 0 Å². The van der Waals surface area contributed by atoms with Gasteiger partial charge in [-0.1, -0.05) is 12.1 Å². The molecule has 0 radical (unpaired) electrons. The minimum absolute atomic E-state index is 0.145. The number of urea groups is 1. The average molecular weight is 410 g/mol. The summed E-state index contributed by atoms with van der Waals surface area (Å²) in [5.41, 5.74) is 1.29. The maximum absolute atomic E-state index is 12.2. The number of benzene rings is 2. The quantitative estimate of drug-likeness (QED) is 0.595. The molecule has 9 heteroatoms. The molecule has 2 heterocycles. The number of fused-ring (bicyclic) bond motifs is 1. The van der Waals surface area contributed by atoms with Gasteiger partial charge in [0, 0.05) is 7.05 Å². The lowest BCUT2D eigenvalue weighted by atomic mass is 10.1. The molecule has 154 valence electrons. The summed E-state index contributed by atoms with van der Waals surface area (Å²) >= 11 is 0. The van der Waals surface area contributed by atoms with Gasteiger partial charge in [-0.05, 0) is 41.5 Å². The standard InChI is InChI=1S/C21H18N2O7/c1-23-20(25)14(19(24)22-21(23)26)7-12-3-5-15(17(8-12)27-2)28-10-13-4-6-16-18(9-13)30-11-29-16/h3-9H,10-11H2,1-2H3,(H,22,24,26)/b14-7+. The van der Waals surface area contributed by atoms with Crippen molar-refractivity contribution >= 4 is 23.9 Å². The van der Waals surface area contributed by atoms with E-state index in [1.807, 2.05) is 18.2 Å². The van der Waals surface area contributed by atoms with Crippen molar-refractivity contribution in [1.82, 2.24) is 10.2 Å². The molecule has 1 fully saturated rings. The van der Waals surface area contributed by atoms with E-state index < -0.39 is 17.8 Å². The van der Waals surface area contributed by atoms with Crippen molar-refractivity contribution in [1.29, 1.82) is 0 Å². The Morgan fingerprint density at radius 1 is 1.07 bits per heavy atom. The third kappa shape index (κ3) is 3.64. The number of amides is 4. The Morgan fingerprint density at radius 3 is 2.67 bits per heavy atom. The lowest BCUT2D eigenvalue weighted by Crippen LogP contribution is -2.52. The summed E-state index contributed by atoms with van der Waals surface area (Å²) < 4.78 is 21.9. The molecule has 30 heavy (non-hydrogen) atoms. The first-order valence-electron chi connectivity index (χ1n) is 9.00. The van der Waals surface area contributed by atoms with Crippen molar-refractivity contribution in [2.75, 3.05) is 21.0 Å². The fourth-order valence-corrected chi connectivity index (χ4v) is 3.00. The number of carbonyl (C=O) groups excluding carboxylic acids is 3. The third-order valence-corrected chi connectivity index (χ3v) is 4.63. The zero-order valence-corrected chi connectivity index (χ0v) is 16.3. The SMILES string of the molecule is COc1cc(/C=C2\C(=O)NC(=O)N(C)C2=O)ccc1OCc1ccc2c(c1)OCO2. The highest BCUT2D eigenvalue weighted by Crippen LogP contribution is 2.34. The first kappa shape index (κ1) is 19.3. The van der Waals surface area contributed by atoms with Crippen LogP contribution in [0.1, 0.15) is 11.1 Å². The molecule has 4 amide bonds. The largest absolute Gasteiger partial charge is 0.493 e. The summed E-state index contributed by atoms with van der Waals surface area (Å²) in [6.07, 6.45) is 1.39. The van der Waals surface area contributed by atoms with Gasteiger partial charge in [0.25, 0.3) is 11.8 Å². The summed E-state index contributed by atoms with van der Waals surface area (Å²) in [6.45, 7) is 0.482. The second-order valence-corrected chi connectivity index (χ2v) is 6.57. The fraction of sp³-hybridized carbons (Fsp3) is 0.190. The number of rotatable bonds is 5. The summed E-state index contributed by atoms with van der Waals surface area (Å²) in [4.78, 5) is 36.6. The van der Waals surface area contributed by atoms with E-state index in [0.29, 0.717) is 28.6 Å². The Balaban J connectivity index is 1.52. The van der Waals surface area contributed by atoms with E-state index in [1.54, 1.807) is 18.2 Å². The van der Waals surface area contributed by atoms with Crippen molar-refractivity contribution in [2.24, 2.45) is 0 Å². The minimum Gasteiger partial charge on any atom is -0.493 e. The van der Waals surface area contributed by atoms with Crippen LogP contribution < -0.4 is 24.3 Å². The normalized spacial score (nSPS) is 16.7. The topological polar surface area (TPSA) is 103 Å². The van der Waals surface area contributed by atoms with E-state index in [4.69, 9.17) is 18.9 Å². The smallest absolute Gasteiger partial charge is 0.331 e. The molecule has 2 aliphatic rings. The molecule has 0 atom stereocenters. The average Bonchev–Trinajstić information content (AvgIpc) is 3.22. The number of hydrogen-bond acceptors (Lipinski definition) is 7. The van der Waals surface area contributed by atoms with Gasteiger partial charge in [-0.3, -0.25) is 19.8 Å². The Labute approximate surface area is 171 Å². The predicted octanol–water partition coefficient (Wildman–Crippen LogP) is 2.09. The molecule has 2 aliphatic heterocycles. The van der Waals surface area contributed by atoms with Crippen LogP contribution in [0.4, 0.5) is 4.79 Å². The Bertz CT molecular complexity index is 1080. The van der Waals surface area contributed by atoms with E-state index in [2.05, 4.69) is 5.32 Å². The van der Waals surface area contributed by atoms with E-state index in [-0.39, 0.29) is 19.0 Å². The first-order valence-corrected chi connectivity index (χ1v) is 9.00. The number of barbiturate groups is 1. The zero-order valence-electron chi connectivity index (χ0n) is 16.3. The van der Waals surface area contributed by atoms with Gasteiger partial charge >= 0.3 is 6.03 Å². The summed E-state index contributed by atoms with van der Waals surface area (Å²) in [6, 6.07) is 9.79. The highest BCUT2D eigenvalue weighted by molar-refractivity contribution is 6.30. The van der Waals surface area contributed by atoms with Gasteiger partial charge in [0.2, 0.25) is 6.79 Å². The van der Waals surface area contributed by atoms with Crippen molar-refractivity contribution in [3.63, 3.8) is 0 Å². The number of imide groups is 2. The molecule has 0 aliphatic carbocycles. The lowest BCUT2D eigenvalue weighted by Gasteiger charge is -2.22. The lowest BCUT2D eigenvalue weighted by molar-refractivity contribution is -0.129. The van der Waals surface area contributed by atoms with Gasteiger partial charge in [-0.15, -0.1) is 0 Å². The number of hydrogen-bond donors (Lipinski definition) is 1. The van der Waals surface area contributed by atoms with E-state index in [0.717, 1.165) is 10.5 Å². The van der Waals surface area contributed by atoms with Crippen molar-refractivity contribution in [3.05, 3.63) is 53.1 Å². The van der Waals surface area contributed by atoms with Crippen LogP contribution in [-0.2, 0) is 16.2 Å². The molecule has 0 aromatic heterocycles. The van der Waals surface area contributed by atoms with Crippen LogP contribution in [0.2, 0.25) is 0 Å². The number of ether oxygens (including phenoxy) is 4. The molecule has 1 N–H and O–H groups in total. The number of nitrogens with zero attached hydrogens (tertiary/aromatic N) is 1. The first-order chi connectivity index (χ1) is 14.5. The highest BCUT2D eigenvalue weighted by Gasteiger charge is 2.33. The number of nitrogens with one attached hydrogen (secondary N) is 1. The van der Waals surface area contributed by atoms with Gasteiger partial charge in [0.1, 0.15) is 12.2 Å². The molecule has 2 aromatic rings. The van der Waals surface area contributed by atoms with Crippen LogP contribution in [0, 0.1) is 0 Å². The Morgan fingerprint density at radius 2 is 1.87 bits per heavy atom. The number of carbonyl (C=O) groups is 3. The fourth-order valence-electron chi connectivity index (χ4n) is 3.00. The maximum atomic E-state index is 12.2. The summed E-state index contributed by atoms with van der Waals surface area (Å²) in [7, 11) is 2.79. The van der Waals surface area contributed by atoms with Crippen LogP contribution in [0.5, 0.6) is 23.0 Å². The third-order valence-electron chi connectivity index (χ3n) is 4.63. The van der Waals surface area contributed by atoms with Crippen molar-refractivity contribution in [3.8, 4) is 23.0 Å². The second kappa shape index (κ2) is 7.78. The van der Waals surface area contributed by atoms with Gasteiger partial charge < -0.3 is 18.9 Å². The highest BCUT2D eigenvalue weighted by atomic mass is 16.7. The van der Waals surface area contributed by atoms with E-state index >= 15 is 0 Å². The number of methoxy groups -OCH3 is 1. The molecular formula is C21H18N2O7. The van der Waals surface area contributed by atoms with Gasteiger partial charge in [0.05, 0.1) is 7.11 Å². The van der Waals surface area contributed by atoms with Crippen LogP contribution in [0.25, 0.3) is 6.08 Å². The van der Waals surface area contributed by atoms with Crippen LogP contribution >= 0.6 is 0 Å². The van der Waals surface area contributed by atoms with Crippen LogP contribution in [0.15, 0.2) is 42.0 Å². The van der Waals surface area contributed by atoms with Crippen LogP contribution in [-0.4, -0.2) is 43.7 Å². The van der Waals surface area contributed by atoms with Crippen molar-refractivity contribution < 1.29 is 33.3 Å².